The van der Waals surface area contributed by atoms with Crippen LogP contribution in [-0.2, 0) is 16.1 Å². The summed E-state index contributed by atoms with van der Waals surface area (Å²) in [5, 5.41) is 21.8. The minimum atomic E-state index is -1.76. The van der Waals surface area contributed by atoms with Gasteiger partial charge < -0.3 is 14.4 Å². The lowest BCUT2D eigenvalue weighted by Gasteiger charge is -2.21. The maximum atomic E-state index is 11.5. The molecular formula is C13H14N2O5. The molecule has 0 fully saturated rings. The number of fused-ring (bicyclic) bond motifs is 1. The number of esters is 1. The molecule has 2 aromatic rings. The van der Waals surface area contributed by atoms with Gasteiger partial charge in [0.1, 0.15) is 5.52 Å². The number of methoxy groups -OCH3 is 1. The van der Waals surface area contributed by atoms with Crippen molar-refractivity contribution in [3.05, 3.63) is 40.6 Å². The Morgan fingerprint density at radius 2 is 2.20 bits per heavy atom. The van der Waals surface area contributed by atoms with Crippen LogP contribution in [0.4, 0.5) is 5.69 Å². The number of carbonyl (C=O) groups is 1. The molecule has 0 spiro atoms. The largest absolute Gasteiger partial charge is 0.467 e. The zero-order chi connectivity index (χ0) is 14.9. The van der Waals surface area contributed by atoms with Gasteiger partial charge in [0.2, 0.25) is 0 Å². The second-order valence-electron chi connectivity index (χ2n) is 4.68. The number of carbonyl (C=O) groups excluding carboxylic acids is 1. The van der Waals surface area contributed by atoms with Crippen LogP contribution in [0.2, 0.25) is 0 Å². The summed E-state index contributed by atoms with van der Waals surface area (Å²) in [5.74, 6) is -0.794. The van der Waals surface area contributed by atoms with Crippen molar-refractivity contribution in [2.75, 3.05) is 7.11 Å². The SMILES string of the molecule is COC(=O)C(C)(O)Cn1ccc2cccc([N+](=O)[O-])c21. The van der Waals surface area contributed by atoms with Crippen LogP contribution < -0.4 is 0 Å². The highest BCUT2D eigenvalue weighted by atomic mass is 16.6. The van der Waals surface area contributed by atoms with Crippen molar-refractivity contribution in [3.8, 4) is 0 Å². The van der Waals surface area contributed by atoms with E-state index in [-0.39, 0.29) is 12.2 Å². The maximum Gasteiger partial charge on any atom is 0.339 e. The van der Waals surface area contributed by atoms with Gasteiger partial charge in [-0.2, -0.15) is 0 Å². The van der Waals surface area contributed by atoms with E-state index in [1.165, 1.54) is 24.7 Å². The average molecular weight is 278 g/mol. The molecule has 1 aromatic carbocycles. The van der Waals surface area contributed by atoms with Crippen molar-refractivity contribution in [2.24, 2.45) is 0 Å². The van der Waals surface area contributed by atoms with Crippen LogP contribution >= 0.6 is 0 Å². The molecule has 2 rings (SSSR count). The van der Waals surface area contributed by atoms with Gasteiger partial charge in [0.05, 0.1) is 18.6 Å². The molecule has 0 saturated heterocycles. The summed E-state index contributed by atoms with van der Waals surface area (Å²) in [6.07, 6.45) is 1.59. The molecule has 0 saturated carbocycles. The third-order valence-electron chi connectivity index (χ3n) is 3.07. The first-order valence-electron chi connectivity index (χ1n) is 5.90. The lowest BCUT2D eigenvalue weighted by atomic mass is 10.1. The molecule has 0 radical (unpaired) electrons. The number of nitrogens with zero attached hydrogens (tertiary/aromatic N) is 2. The number of hydrogen-bond donors (Lipinski definition) is 1. The minimum absolute atomic E-state index is 0.0758. The Morgan fingerprint density at radius 3 is 2.80 bits per heavy atom. The number of rotatable bonds is 4. The molecule has 0 amide bonds. The number of aromatic nitrogens is 1. The van der Waals surface area contributed by atoms with Gasteiger partial charge in [-0.05, 0) is 13.0 Å². The van der Waals surface area contributed by atoms with E-state index >= 15 is 0 Å². The fourth-order valence-corrected chi connectivity index (χ4v) is 2.14. The minimum Gasteiger partial charge on any atom is -0.467 e. The van der Waals surface area contributed by atoms with Gasteiger partial charge in [-0.25, -0.2) is 4.79 Å². The van der Waals surface area contributed by atoms with Crippen molar-refractivity contribution in [1.29, 1.82) is 0 Å². The number of nitro groups is 1. The summed E-state index contributed by atoms with van der Waals surface area (Å²) < 4.78 is 5.99. The molecule has 0 aliphatic rings. The maximum absolute atomic E-state index is 11.5. The lowest BCUT2D eigenvalue weighted by Crippen LogP contribution is -2.40. The smallest absolute Gasteiger partial charge is 0.339 e. The summed E-state index contributed by atoms with van der Waals surface area (Å²) in [4.78, 5) is 22.1. The molecule has 1 atom stereocenters. The molecule has 20 heavy (non-hydrogen) atoms. The van der Waals surface area contributed by atoms with E-state index in [9.17, 15) is 20.0 Å². The molecular weight excluding hydrogens is 264 g/mol. The van der Waals surface area contributed by atoms with Gasteiger partial charge in [0.15, 0.2) is 5.60 Å². The zero-order valence-electron chi connectivity index (χ0n) is 11.1. The third kappa shape index (κ3) is 2.35. The average Bonchev–Trinajstić information content (AvgIpc) is 2.80. The second kappa shape index (κ2) is 4.93. The first kappa shape index (κ1) is 14.0. The number of nitro benzene ring substituents is 1. The number of hydrogen-bond acceptors (Lipinski definition) is 5. The quantitative estimate of drug-likeness (QED) is 0.519. The van der Waals surface area contributed by atoms with Gasteiger partial charge >= 0.3 is 5.97 Å². The zero-order valence-corrected chi connectivity index (χ0v) is 11.1. The van der Waals surface area contributed by atoms with Gasteiger partial charge in [0, 0.05) is 17.6 Å². The van der Waals surface area contributed by atoms with Gasteiger partial charge in [-0.3, -0.25) is 10.1 Å². The van der Waals surface area contributed by atoms with Crippen molar-refractivity contribution >= 4 is 22.6 Å². The van der Waals surface area contributed by atoms with E-state index in [1.807, 2.05) is 0 Å². The van der Waals surface area contributed by atoms with Crippen molar-refractivity contribution in [2.45, 2.75) is 19.1 Å². The molecule has 0 aliphatic carbocycles. The molecule has 7 heteroatoms. The van der Waals surface area contributed by atoms with E-state index in [0.717, 1.165) is 0 Å². The predicted octanol–water partition coefficient (Wildman–Crippen LogP) is 1.47. The highest BCUT2D eigenvalue weighted by Gasteiger charge is 2.33. The van der Waals surface area contributed by atoms with E-state index < -0.39 is 16.5 Å². The highest BCUT2D eigenvalue weighted by molar-refractivity contribution is 5.89. The second-order valence-corrected chi connectivity index (χ2v) is 4.68. The van der Waals surface area contributed by atoms with Crippen molar-refractivity contribution < 1.29 is 19.6 Å². The Hall–Kier alpha value is -2.41. The molecule has 106 valence electrons. The van der Waals surface area contributed by atoms with Crippen molar-refractivity contribution in [3.63, 3.8) is 0 Å². The van der Waals surface area contributed by atoms with E-state index in [4.69, 9.17) is 0 Å². The highest BCUT2D eigenvalue weighted by Crippen LogP contribution is 2.27. The lowest BCUT2D eigenvalue weighted by molar-refractivity contribution is -0.383. The van der Waals surface area contributed by atoms with Crippen LogP contribution in [0.1, 0.15) is 6.92 Å². The first-order chi connectivity index (χ1) is 9.36. The Labute approximate surface area is 114 Å². The third-order valence-corrected chi connectivity index (χ3v) is 3.07. The molecule has 0 aliphatic heterocycles. The van der Waals surface area contributed by atoms with Crippen molar-refractivity contribution in [1.82, 2.24) is 4.57 Å². The van der Waals surface area contributed by atoms with Crippen LogP contribution in [0.3, 0.4) is 0 Å². The molecule has 1 aromatic heterocycles. The topological polar surface area (TPSA) is 94.6 Å². The van der Waals surface area contributed by atoms with Gasteiger partial charge in [0.25, 0.3) is 5.69 Å². The van der Waals surface area contributed by atoms with E-state index in [0.29, 0.717) is 10.9 Å². The number of ether oxygens (including phenoxy) is 1. The van der Waals surface area contributed by atoms with Crippen LogP contribution in [0.5, 0.6) is 0 Å². The van der Waals surface area contributed by atoms with Gasteiger partial charge in [-0.1, -0.05) is 12.1 Å². The number of benzene rings is 1. The van der Waals surface area contributed by atoms with Gasteiger partial charge in [-0.15, -0.1) is 0 Å². The molecule has 1 unspecified atom stereocenters. The first-order valence-corrected chi connectivity index (χ1v) is 5.90. The van der Waals surface area contributed by atoms with Crippen LogP contribution in [-0.4, -0.2) is 33.3 Å². The summed E-state index contributed by atoms with van der Waals surface area (Å²) in [6.45, 7) is 1.17. The van der Waals surface area contributed by atoms with Crippen LogP contribution in [0.15, 0.2) is 30.5 Å². The monoisotopic (exact) mass is 278 g/mol. The molecule has 1 N–H and O–H groups in total. The van der Waals surface area contributed by atoms with Crippen LogP contribution in [0, 0.1) is 10.1 Å². The number of non-ortho nitro benzene ring substituents is 1. The standard InChI is InChI=1S/C13H14N2O5/c1-13(17,12(16)20-2)8-14-7-6-9-4-3-5-10(11(9)14)15(18)19/h3-7,17H,8H2,1-2H3. The normalized spacial score (nSPS) is 13.9. The Bertz CT molecular complexity index is 674. The summed E-state index contributed by atoms with van der Waals surface area (Å²) in [5.41, 5.74) is -1.47. The number of para-hydroxylation sites is 1. The molecule has 7 nitrogen and oxygen atoms in total. The van der Waals surface area contributed by atoms with E-state index in [1.54, 1.807) is 24.4 Å². The predicted molar refractivity (Wildman–Crippen MR) is 71.2 cm³/mol. The summed E-state index contributed by atoms with van der Waals surface area (Å²) >= 11 is 0. The number of aliphatic hydroxyl groups is 1. The molecule has 0 bridgehead atoms. The Kier molecular flexibility index (Phi) is 3.46. The molecule has 1 heterocycles. The van der Waals surface area contributed by atoms with Crippen LogP contribution in [0.25, 0.3) is 10.9 Å². The van der Waals surface area contributed by atoms with E-state index in [2.05, 4.69) is 4.74 Å². The summed E-state index contributed by atoms with van der Waals surface area (Å²) in [6, 6.07) is 6.39. The fraction of sp³-hybridized carbons (Fsp3) is 0.308. The fourth-order valence-electron chi connectivity index (χ4n) is 2.14. The Balaban J connectivity index is 2.51. The Morgan fingerprint density at radius 1 is 1.50 bits per heavy atom. The summed E-state index contributed by atoms with van der Waals surface area (Å²) in [7, 11) is 1.17.